The van der Waals surface area contributed by atoms with Crippen LogP contribution < -0.4 is 9.88 Å². The molecule has 2 N–H and O–H groups in total. The number of hydrogen-bond donors (Lipinski definition) is 1. The van der Waals surface area contributed by atoms with Crippen molar-refractivity contribution in [2.75, 3.05) is 13.2 Å². The Kier molecular flexibility index (Phi) is 5.76. The van der Waals surface area contributed by atoms with Gasteiger partial charge in [0, 0.05) is 0 Å². The van der Waals surface area contributed by atoms with Crippen molar-refractivity contribution >= 4 is 16.0 Å². The van der Waals surface area contributed by atoms with E-state index in [0.717, 1.165) is 0 Å². The summed E-state index contributed by atoms with van der Waals surface area (Å²) in [6, 6.07) is 8.56. The molecule has 2 rings (SSSR count). The molecule has 0 aliphatic rings. The molecule has 0 saturated carbocycles. The number of carbonyl (C=O) groups excluding carboxylic acids is 1. The third-order valence-corrected chi connectivity index (χ3v) is 4.61. The molecule has 2 aromatic rings. The molecule has 0 atom stereocenters. The topological polar surface area (TPSA) is 95.7 Å². The lowest BCUT2D eigenvalue weighted by Gasteiger charge is -2.11. The highest BCUT2D eigenvalue weighted by Gasteiger charge is 2.18. The second kappa shape index (κ2) is 7.62. The van der Waals surface area contributed by atoms with Crippen molar-refractivity contribution in [2.45, 2.75) is 18.7 Å². The Morgan fingerprint density at radius 1 is 1.16 bits per heavy atom. The fraction of sp³-hybridized carbons (Fsp3) is 0.235. The molecule has 2 aromatic carbocycles. The molecule has 0 radical (unpaired) electrons. The maximum absolute atomic E-state index is 13.4. The van der Waals surface area contributed by atoms with Crippen LogP contribution in [-0.4, -0.2) is 27.6 Å². The van der Waals surface area contributed by atoms with Crippen LogP contribution in [-0.2, 0) is 14.8 Å². The lowest BCUT2D eigenvalue weighted by atomic mass is 10.1. The Bertz CT molecular complexity index is 896. The lowest BCUT2D eigenvalue weighted by molar-refractivity contribution is 0.0448. The Labute approximate surface area is 145 Å². The molecule has 0 heterocycles. The maximum atomic E-state index is 13.4. The molecule has 0 aromatic heterocycles. The average molecular weight is 367 g/mol. The third-order valence-electron chi connectivity index (χ3n) is 3.57. The van der Waals surface area contributed by atoms with E-state index in [9.17, 15) is 17.6 Å². The first-order valence-corrected chi connectivity index (χ1v) is 8.93. The Morgan fingerprint density at radius 2 is 1.84 bits per heavy atom. The molecular weight excluding hydrogens is 349 g/mol. The summed E-state index contributed by atoms with van der Waals surface area (Å²) in [6.45, 7) is 3.11. The number of nitrogens with two attached hydrogens (primary N) is 1. The van der Waals surface area contributed by atoms with Crippen LogP contribution in [0.1, 0.15) is 21.5 Å². The molecule has 0 amide bonds. The van der Waals surface area contributed by atoms with E-state index in [2.05, 4.69) is 0 Å². The van der Waals surface area contributed by atoms with Gasteiger partial charge in [0.05, 0.1) is 10.5 Å². The second-order valence-electron chi connectivity index (χ2n) is 5.38. The highest BCUT2D eigenvalue weighted by atomic mass is 32.2. The van der Waals surface area contributed by atoms with Crippen molar-refractivity contribution in [1.82, 2.24) is 0 Å². The monoisotopic (exact) mass is 367 g/mol. The molecule has 0 aliphatic carbocycles. The Balaban J connectivity index is 2.02. The van der Waals surface area contributed by atoms with Crippen LogP contribution in [0.3, 0.4) is 0 Å². The molecule has 0 saturated heterocycles. The number of benzene rings is 2. The summed E-state index contributed by atoms with van der Waals surface area (Å²) < 4.78 is 46.8. The van der Waals surface area contributed by atoms with E-state index in [1.54, 1.807) is 19.9 Å². The van der Waals surface area contributed by atoms with Crippen molar-refractivity contribution < 1.29 is 27.1 Å². The number of ether oxygens (including phenoxy) is 2. The predicted octanol–water partition coefficient (Wildman–Crippen LogP) is 2.33. The summed E-state index contributed by atoms with van der Waals surface area (Å²) >= 11 is 0. The number of para-hydroxylation sites is 1. The molecule has 0 unspecified atom stereocenters. The molecule has 0 bridgehead atoms. The van der Waals surface area contributed by atoms with Gasteiger partial charge in [-0.1, -0.05) is 12.1 Å². The molecule has 8 heteroatoms. The van der Waals surface area contributed by atoms with Crippen LogP contribution in [0.15, 0.2) is 41.3 Å². The maximum Gasteiger partial charge on any atom is 0.338 e. The molecule has 6 nitrogen and oxygen atoms in total. The van der Waals surface area contributed by atoms with Crippen molar-refractivity contribution in [1.29, 1.82) is 0 Å². The standard InChI is InChI=1S/C17H18FNO5S/c1-11-9-13(10-16(12(11)2)25(19,21)22)17(20)24-8-7-23-15-6-4-3-5-14(15)18/h3-6,9-10H,7-8H2,1-2H3,(H2,19,21,22). The minimum atomic E-state index is -3.95. The fourth-order valence-corrected chi connectivity index (χ4v) is 3.05. The quantitative estimate of drug-likeness (QED) is 0.624. The van der Waals surface area contributed by atoms with Gasteiger partial charge in [0.15, 0.2) is 11.6 Å². The van der Waals surface area contributed by atoms with Crippen LogP contribution in [0.2, 0.25) is 0 Å². The van der Waals surface area contributed by atoms with Gasteiger partial charge in [-0.2, -0.15) is 0 Å². The molecular formula is C17H18FNO5S. The van der Waals surface area contributed by atoms with Crippen LogP contribution in [0.25, 0.3) is 0 Å². The summed E-state index contributed by atoms with van der Waals surface area (Å²) in [5.74, 6) is -1.17. The van der Waals surface area contributed by atoms with Gasteiger partial charge in [-0.25, -0.2) is 22.7 Å². The van der Waals surface area contributed by atoms with E-state index in [4.69, 9.17) is 14.6 Å². The third kappa shape index (κ3) is 4.77. The summed E-state index contributed by atoms with van der Waals surface area (Å²) in [7, 11) is -3.95. The number of primary sulfonamides is 1. The Hall–Kier alpha value is -2.45. The minimum absolute atomic E-state index is 0.0421. The number of halogens is 1. The van der Waals surface area contributed by atoms with Crippen molar-refractivity contribution in [3.63, 3.8) is 0 Å². The number of carbonyl (C=O) groups is 1. The zero-order chi connectivity index (χ0) is 18.6. The zero-order valence-corrected chi connectivity index (χ0v) is 14.6. The Morgan fingerprint density at radius 3 is 2.48 bits per heavy atom. The van der Waals surface area contributed by atoms with Gasteiger partial charge in [-0.15, -0.1) is 0 Å². The number of sulfonamides is 1. The molecule has 0 spiro atoms. The van der Waals surface area contributed by atoms with Gasteiger partial charge >= 0.3 is 5.97 Å². The molecule has 0 fully saturated rings. The van der Waals surface area contributed by atoms with Crippen molar-refractivity contribution in [2.24, 2.45) is 5.14 Å². The number of esters is 1. The van der Waals surface area contributed by atoms with Gasteiger partial charge in [-0.05, 0) is 49.2 Å². The van der Waals surface area contributed by atoms with Gasteiger partial charge < -0.3 is 9.47 Å². The summed E-state index contributed by atoms with van der Waals surface area (Å²) in [5.41, 5.74) is 1.14. The largest absolute Gasteiger partial charge is 0.487 e. The van der Waals surface area contributed by atoms with Gasteiger partial charge in [0.25, 0.3) is 0 Å². The summed E-state index contributed by atoms with van der Waals surface area (Å²) in [4.78, 5) is 12.0. The number of rotatable bonds is 6. The first-order valence-electron chi connectivity index (χ1n) is 7.38. The first kappa shape index (κ1) is 18.9. The lowest BCUT2D eigenvalue weighted by Crippen LogP contribution is -2.17. The molecule has 25 heavy (non-hydrogen) atoms. The SMILES string of the molecule is Cc1cc(C(=O)OCCOc2ccccc2F)cc(S(N)(=O)=O)c1C. The highest BCUT2D eigenvalue weighted by Crippen LogP contribution is 2.21. The van der Waals surface area contributed by atoms with E-state index in [1.807, 2.05) is 0 Å². The molecule has 0 aliphatic heterocycles. The van der Waals surface area contributed by atoms with E-state index in [-0.39, 0.29) is 29.4 Å². The second-order valence-corrected chi connectivity index (χ2v) is 6.91. The average Bonchev–Trinajstić information content (AvgIpc) is 2.54. The predicted molar refractivity (Wildman–Crippen MR) is 89.5 cm³/mol. The number of aryl methyl sites for hydroxylation is 1. The van der Waals surface area contributed by atoms with Crippen molar-refractivity contribution in [3.8, 4) is 5.75 Å². The summed E-state index contributed by atoms with van der Waals surface area (Å²) in [6.07, 6.45) is 0. The highest BCUT2D eigenvalue weighted by molar-refractivity contribution is 7.89. The van der Waals surface area contributed by atoms with E-state index in [0.29, 0.717) is 11.1 Å². The van der Waals surface area contributed by atoms with E-state index < -0.39 is 21.8 Å². The van der Waals surface area contributed by atoms with Gasteiger partial charge in [-0.3, -0.25) is 0 Å². The van der Waals surface area contributed by atoms with Gasteiger partial charge in [0.1, 0.15) is 13.2 Å². The fourth-order valence-electron chi connectivity index (χ4n) is 2.17. The first-order chi connectivity index (χ1) is 11.7. The molecule has 134 valence electrons. The van der Waals surface area contributed by atoms with Gasteiger partial charge in [0.2, 0.25) is 10.0 Å². The van der Waals surface area contributed by atoms with Crippen molar-refractivity contribution in [3.05, 3.63) is 58.9 Å². The smallest absolute Gasteiger partial charge is 0.338 e. The van der Waals surface area contributed by atoms with Crippen LogP contribution in [0.5, 0.6) is 5.75 Å². The minimum Gasteiger partial charge on any atom is -0.487 e. The van der Waals surface area contributed by atoms with Crippen LogP contribution in [0, 0.1) is 19.7 Å². The van der Waals surface area contributed by atoms with E-state index in [1.165, 1.54) is 30.3 Å². The zero-order valence-electron chi connectivity index (χ0n) is 13.8. The normalized spacial score (nSPS) is 11.2. The van der Waals surface area contributed by atoms with E-state index >= 15 is 0 Å². The number of hydrogen-bond acceptors (Lipinski definition) is 5. The van der Waals surface area contributed by atoms with Crippen LogP contribution >= 0.6 is 0 Å². The summed E-state index contributed by atoms with van der Waals surface area (Å²) in [5, 5.41) is 5.16. The van der Waals surface area contributed by atoms with Crippen LogP contribution in [0.4, 0.5) is 4.39 Å².